The minimum atomic E-state index is -4.56. The highest BCUT2D eigenvalue weighted by atomic mass is 32.2. The molecule has 0 aliphatic carbocycles. The van der Waals surface area contributed by atoms with Gasteiger partial charge >= 0.3 is 6.18 Å². The van der Waals surface area contributed by atoms with Crippen molar-refractivity contribution in [2.24, 2.45) is 10.5 Å². The Morgan fingerprint density at radius 1 is 1.22 bits per heavy atom. The number of amides is 2. The molecule has 1 fully saturated rings. The summed E-state index contributed by atoms with van der Waals surface area (Å²) in [5.41, 5.74) is -0.710. The van der Waals surface area contributed by atoms with Crippen LogP contribution in [0.5, 0.6) is 0 Å². The Hall–Kier alpha value is -1.65. The highest BCUT2D eigenvalue weighted by Gasteiger charge is 2.40. The molecular formula is C16H24F3N3O4S. The first-order valence-corrected chi connectivity index (χ1v) is 10.4. The van der Waals surface area contributed by atoms with E-state index in [9.17, 15) is 31.2 Å². The zero-order valence-electron chi connectivity index (χ0n) is 15.5. The van der Waals surface area contributed by atoms with Crippen molar-refractivity contribution >= 4 is 27.4 Å². The molecule has 2 amide bonds. The first-order chi connectivity index (χ1) is 12.2. The van der Waals surface area contributed by atoms with Crippen molar-refractivity contribution in [2.75, 3.05) is 24.6 Å². The lowest BCUT2D eigenvalue weighted by Crippen LogP contribution is -2.49. The van der Waals surface area contributed by atoms with E-state index in [0.717, 1.165) is 5.01 Å². The number of carbonyl (C=O) groups is 2. The SMILES string of the molecule is CC(C)(C)CN(CC(F)(F)F)C(=O)C1=NN(C2CCS(=O)(=O)C2)C(=O)CC1. The summed E-state index contributed by atoms with van der Waals surface area (Å²) >= 11 is 0. The van der Waals surface area contributed by atoms with Crippen LogP contribution in [0, 0.1) is 5.41 Å². The largest absolute Gasteiger partial charge is 0.406 e. The van der Waals surface area contributed by atoms with Crippen molar-refractivity contribution in [1.82, 2.24) is 9.91 Å². The van der Waals surface area contributed by atoms with Crippen LogP contribution in [-0.2, 0) is 19.4 Å². The van der Waals surface area contributed by atoms with Gasteiger partial charge in [-0.1, -0.05) is 20.8 Å². The van der Waals surface area contributed by atoms with Gasteiger partial charge in [0.1, 0.15) is 12.3 Å². The summed E-state index contributed by atoms with van der Waals surface area (Å²) in [7, 11) is -3.28. The molecule has 154 valence electrons. The number of hydrogen-bond donors (Lipinski definition) is 0. The van der Waals surface area contributed by atoms with Crippen molar-refractivity contribution in [3.8, 4) is 0 Å². The van der Waals surface area contributed by atoms with Crippen molar-refractivity contribution in [2.45, 2.75) is 52.3 Å². The van der Waals surface area contributed by atoms with Crippen LogP contribution in [0.15, 0.2) is 5.10 Å². The quantitative estimate of drug-likeness (QED) is 0.703. The van der Waals surface area contributed by atoms with Gasteiger partial charge in [0.05, 0.1) is 17.5 Å². The van der Waals surface area contributed by atoms with E-state index in [-0.39, 0.29) is 43.0 Å². The molecule has 1 unspecified atom stereocenters. The zero-order chi connectivity index (χ0) is 20.6. The molecule has 11 heteroatoms. The molecule has 0 N–H and O–H groups in total. The lowest BCUT2D eigenvalue weighted by molar-refractivity contribution is -0.159. The summed E-state index contributed by atoms with van der Waals surface area (Å²) in [6.45, 7) is 3.60. The minimum absolute atomic E-state index is 0.0634. The topological polar surface area (TPSA) is 87.1 Å². The molecule has 1 atom stereocenters. The van der Waals surface area contributed by atoms with Crippen LogP contribution in [0.1, 0.15) is 40.0 Å². The first kappa shape index (κ1) is 21.6. The molecule has 2 aliphatic heterocycles. The number of rotatable bonds is 4. The van der Waals surface area contributed by atoms with Crippen molar-refractivity contribution in [3.05, 3.63) is 0 Å². The van der Waals surface area contributed by atoms with E-state index in [1.807, 2.05) is 0 Å². The van der Waals surface area contributed by atoms with Crippen LogP contribution in [0.4, 0.5) is 13.2 Å². The summed E-state index contributed by atoms with van der Waals surface area (Å²) in [5.74, 6) is -1.63. The third-order valence-electron chi connectivity index (χ3n) is 4.18. The highest BCUT2D eigenvalue weighted by Crippen LogP contribution is 2.25. The molecule has 2 aliphatic rings. The summed E-state index contributed by atoms with van der Waals surface area (Å²) < 4.78 is 62.0. The number of nitrogens with zero attached hydrogens (tertiary/aromatic N) is 3. The zero-order valence-corrected chi connectivity index (χ0v) is 16.4. The third-order valence-corrected chi connectivity index (χ3v) is 5.93. The number of halogens is 3. The molecule has 2 heterocycles. The Balaban J connectivity index is 2.25. The maximum atomic E-state index is 12.9. The molecular weight excluding hydrogens is 387 g/mol. The standard InChI is InChI=1S/C16H24F3N3O4S/c1-15(2,3)9-21(10-16(17,18)19)14(24)12-4-5-13(23)22(20-12)11-6-7-27(25,26)8-11/h11H,4-10H2,1-3H3. The number of sulfone groups is 1. The van der Waals surface area contributed by atoms with Crippen molar-refractivity contribution < 1.29 is 31.2 Å². The lowest BCUT2D eigenvalue weighted by atomic mass is 9.95. The van der Waals surface area contributed by atoms with Gasteiger partial charge < -0.3 is 4.90 Å². The highest BCUT2D eigenvalue weighted by molar-refractivity contribution is 7.91. The lowest BCUT2D eigenvalue weighted by Gasteiger charge is -2.33. The predicted molar refractivity (Wildman–Crippen MR) is 92.7 cm³/mol. The molecule has 0 spiro atoms. The second-order valence-corrected chi connectivity index (χ2v) is 10.4. The average molecular weight is 411 g/mol. The summed E-state index contributed by atoms with van der Waals surface area (Å²) in [5, 5.41) is 4.94. The van der Waals surface area contributed by atoms with Gasteiger partial charge in [-0.25, -0.2) is 13.4 Å². The van der Waals surface area contributed by atoms with Crippen LogP contribution < -0.4 is 0 Å². The molecule has 0 bridgehead atoms. The third kappa shape index (κ3) is 6.18. The monoisotopic (exact) mass is 411 g/mol. The molecule has 0 saturated carbocycles. The van der Waals surface area contributed by atoms with Gasteiger partial charge in [-0.3, -0.25) is 9.59 Å². The Morgan fingerprint density at radius 2 is 1.85 bits per heavy atom. The fourth-order valence-electron chi connectivity index (χ4n) is 3.15. The van der Waals surface area contributed by atoms with E-state index in [0.29, 0.717) is 4.90 Å². The van der Waals surface area contributed by atoms with Gasteiger partial charge in [0.15, 0.2) is 9.84 Å². The molecule has 0 aromatic rings. The van der Waals surface area contributed by atoms with E-state index in [2.05, 4.69) is 5.10 Å². The summed E-state index contributed by atoms with van der Waals surface area (Å²) in [6, 6.07) is -0.677. The van der Waals surface area contributed by atoms with Gasteiger partial charge in [-0.15, -0.1) is 0 Å². The van der Waals surface area contributed by atoms with Gasteiger partial charge in [-0.2, -0.15) is 18.3 Å². The molecule has 0 aromatic heterocycles. The fourth-order valence-corrected chi connectivity index (χ4v) is 4.84. The molecule has 0 radical (unpaired) electrons. The average Bonchev–Trinajstić information content (AvgIpc) is 2.83. The van der Waals surface area contributed by atoms with E-state index < -0.39 is 45.8 Å². The van der Waals surface area contributed by atoms with Crippen LogP contribution >= 0.6 is 0 Å². The Morgan fingerprint density at radius 3 is 2.33 bits per heavy atom. The maximum absolute atomic E-state index is 12.9. The van der Waals surface area contributed by atoms with E-state index in [4.69, 9.17) is 0 Å². The number of carbonyl (C=O) groups excluding carboxylic acids is 2. The first-order valence-electron chi connectivity index (χ1n) is 8.63. The van der Waals surface area contributed by atoms with Crippen molar-refractivity contribution in [3.63, 3.8) is 0 Å². The fraction of sp³-hybridized carbons (Fsp3) is 0.812. The van der Waals surface area contributed by atoms with Crippen LogP contribution in [0.2, 0.25) is 0 Å². The van der Waals surface area contributed by atoms with Crippen LogP contribution in [0.3, 0.4) is 0 Å². The second-order valence-electron chi connectivity index (χ2n) is 8.18. The van der Waals surface area contributed by atoms with Crippen LogP contribution in [0.25, 0.3) is 0 Å². The summed E-state index contributed by atoms with van der Waals surface area (Å²) in [6.07, 6.45) is -4.51. The molecule has 7 nitrogen and oxygen atoms in total. The number of hydrazone groups is 1. The number of alkyl halides is 3. The minimum Gasteiger partial charge on any atom is -0.328 e. The Labute approximate surface area is 156 Å². The maximum Gasteiger partial charge on any atom is 0.406 e. The smallest absolute Gasteiger partial charge is 0.328 e. The molecule has 0 aromatic carbocycles. The van der Waals surface area contributed by atoms with Gasteiger partial charge in [0.25, 0.3) is 5.91 Å². The normalized spacial score (nSPS) is 23.3. The molecule has 1 saturated heterocycles. The Bertz CT molecular complexity index is 725. The molecule has 27 heavy (non-hydrogen) atoms. The van der Waals surface area contributed by atoms with Gasteiger partial charge in [0, 0.05) is 19.4 Å². The molecule has 2 rings (SSSR count). The Kier molecular flexibility index (Phi) is 5.93. The predicted octanol–water partition coefficient (Wildman–Crippen LogP) is 1.59. The number of hydrogen-bond acceptors (Lipinski definition) is 5. The summed E-state index contributed by atoms with van der Waals surface area (Å²) in [4.78, 5) is 25.5. The van der Waals surface area contributed by atoms with Crippen LogP contribution in [-0.4, -0.2) is 72.7 Å². The van der Waals surface area contributed by atoms with Gasteiger partial charge in [-0.05, 0) is 11.8 Å². The second kappa shape index (κ2) is 7.40. The van der Waals surface area contributed by atoms with E-state index in [1.54, 1.807) is 20.8 Å². The van der Waals surface area contributed by atoms with E-state index in [1.165, 1.54) is 0 Å². The van der Waals surface area contributed by atoms with Crippen molar-refractivity contribution in [1.29, 1.82) is 0 Å². The van der Waals surface area contributed by atoms with E-state index >= 15 is 0 Å². The van der Waals surface area contributed by atoms with Gasteiger partial charge in [0.2, 0.25) is 5.91 Å².